The van der Waals surface area contributed by atoms with Gasteiger partial charge in [0.25, 0.3) is 0 Å². The van der Waals surface area contributed by atoms with E-state index in [0.717, 1.165) is 39.4 Å². The van der Waals surface area contributed by atoms with Crippen molar-refractivity contribution in [2.75, 3.05) is 42.4 Å². The molecule has 2 unspecified atom stereocenters. The number of carbonyl (C=O) groups is 1. The topological polar surface area (TPSA) is 79.1 Å². The van der Waals surface area contributed by atoms with Crippen molar-refractivity contribution in [3.8, 4) is 11.3 Å². The Hall–Kier alpha value is -4.62. The summed E-state index contributed by atoms with van der Waals surface area (Å²) in [5.41, 5.74) is 2.94. The first-order valence-electron chi connectivity index (χ1n) is 18.2. The molecular formula is C41H45ClFN7O2SSi. The van der Waals surface area contributed by atoms with Crippen LogP contribution >= 0.6 is 22.9 Å². The predicted molar refractivity (Wildman–Crippen MR) is 220 cm³/mol. The number of nitrogens with zero attached hydrogens (tertiary/aromatic N) is 7. The Bertz CT molecular complexity index is 2160. The molecule has 6 aromatic rings. The molecule has 3 aromatic heterocycles. The Balaban J connectivity index is 1.23. The molecule has 0 bridgehead atoms. The quantitative estimate of drug-likeness (QED) is 0.109. The number of fused-ring (bicyclic) bond motifs is 1. The molecule has 4 heterocycles. The molecule has 54 heavy (non-hydrogen) atoms. The fraction of sp³-hybridized carbons (Fsp3) is 0.317. The van der Waals surface area contributed by atoms with Gasteiger partial charge in [0.1, 0.15) is 17.5 Å². The molecule has 1 aliphatic heterocycles. The Morgan fingerprint density at radius 1 is 0.981 bits per heavy atom. The average molecular weight is 782 g/mol. The number of imidazole rings is 1. The van der Waals surface area contributed by atoms with E-state index in [-0.39, 0.29) is 35.2 Å². The van der Waals surface area contributed by atoms with Gasteiger partial charge in [-0.1, -0.05) is 88.4 Å². The zero-order valence-electron chi connectivity index (χ0n) is 31.2. The highest BCUT2D eigenvalue weighted by molar-refractivity contribution is 7.14. The van der Waals surface area contributed by atoms with E-state index in [1.165, 1.54) is 33.8 Å². The van der Waals surface area contributed by atoms with Crippen LogP contribution in [0.15, 0.2) is 102 Å². The van der Waals surface area contributed by atoms with Gasteiger partial charge < -0.3 is 19.1 Å². The van der Waals surface area contributed by atoms with Crippen LogP contribution in [0, 0.1) is 11.2 Å². The second-order valence-corrected chi connectivity index (χ2v) is 18.1. The number of benzene rings is 3. The second kappa shape index (κ2) is 16.0. The smallest absolute Gasteiger partial charge is 0.240 e. The van der Waals surface area contributed by atoms with E-state index >= 15 is 0 Å². The molecule has 1 fully saturated rings. The largest absolute Gasteiger partial charge is 0.405 e. The SMILES string of the molecule is CCc1nc2ccc(N3CCN(C(=O)CCl)C(C(O[SiH](c4ccccc4)c4ccccc4)C(C)(C)C)C3)nn2c1N(C)c1nc(-c2ccc(F)cc2)cs1. The van der Waals surface area contributed by atoms with E-state index in [1.807, 2.05) is 51.0 Å². The van der Waals surface area contributed by atoms with Crippen molar-refractivity contribution >= 4 is 70.7 Å². The molecule has 2 atom stereocenters. The van der Waals surface area contributed by atoms with Gasteiger partial charge in [0.15, 0.2) is 16.6 Å². The van der Waals surface area contributed by atoms with Gasteiger partial charge in [-0.3, -0.25) is 4.79 Å². The van der Waals surface area contributed by atoms with Gasteiger partial charge in [-0.25, -0.2) is 14.4 Å². The molecule has 7 rings (SSSR count). The zero-order valence-corrected chi connectivity index (χ0v) is 33.9. The summed E-state index contributed by atoms with van der Waals surface area (Å²) in [6.07, 6.45) is 0.393. The molecule has 13 heteroatoms. The summed E-state index contributed by atoms with van der Waals surface area (Å²) in [5, 5.41) is 10.3. The van der Waals surface area contributed by atoms with Gasteiger partial charge in [-0.05, 0) is 58.6 Å². The first-order chi connectivity index (χ1) is 26.0. The number of aryl methyl sites for hydroxylation is 1. The Morgan fingerprint density at radius 2 is 1.65 bits per heavy atom. The first kappa shape index (κ1) is 37.7. The predicted octanol–water partition coefficient (Wildman–Crippen LogP) is 6.55. The number of thiazole rings is 1. The number of halogens is 2. The van der Waals surface area contributed by atoms with Crippen LogP contribution in [0.1, 0.15) is 33.4 Å². The average Bonchev–Trinajstić information content (AvgIpc) is 3.83. The maximum Gasteiger partial charge on any atom is 0.240 e. The van der Waals surface area contributed by atoms with Gasteiger partial charge in [-0.2, -0.15) is 4.52 Å². The van der Waals surface area contributed by atoms with Crippen molar-refractivity contribution in [1.82, 2.24) is 24.5 Å². The fourth-order valence-corrected chi connectivity index (χ4v) is 10.9. The maximum atomic E-state index is 13.6. The Morgan fingerprint density at radius 3 is 2.26 bits per heavy atom. The number of amides is 1. The van der Waals surface area contributed by atoms with E-state index in [1.54, 1.807) is 12.1 Å². The van der Waals surface area contributed by atoms with Crippen LogP contribution in [0.3, 0.4) is 0 Å². The molecule has 1 aliphatic rings. The lowest BCUT2D eigenvalue weighted by molar-refractivity contribution is -0.135. The highest BCUT2D eigenvalue weighted by Gasteiger charge is 2.43. The normalized spacial score (nSPS) is 15.6. The highest BCUT2D eigenvalue weighted by Crippen LogP contribution is 2.35. The van der Waals surface area contributed by atoms with Gasteiger partial charge in [0, 0.05) is 37.6 Å². The number of piperazine rings is 1. The zero-order chi connectivity index (χ0) is 38.0. The summed E-state index contributed by atoms with van der Waals surface area (Å²) in [4.78, 5) is 29.6. The van der Waals surface area contributed by atoms with Crippen molar-refractivity contribution in [2.24, 2.45) is 5.41 Å². The van der Waals surface area contributed by atoms with E-state index in [2.05, 4.69) is 81.1 Å². The summed E-state index contributed by atoms with van der Waals surface area (Å²) in [6.45, 7) is 10.2. The van der Waals surface area contributed by atoms with Gasteiger partial charge in [-0.15, -0.1) is 28.0 Å². The number of aromatic nitrogens is 4. The summed E-state index contributed by atoms with van der Waals surface area (Å²) in [6, 6.07) is 31.0. The highest BCUT2D eigenvalue weighted by atomic mass is 35.5. The van der Waals surface area contributed by atoms with Crippen LogP contribution in [-0.4, -0.2) is 84.1 Å². The number of rotatable bonds is 11. The van der Waals surface area contributed by atoms with Gasteiger partial charge >= 0.3 is 0 Å². The number of anilines is 3. The molecule has 0 aliphatic carbocycles. The van der Waals surface area contributed by atoms with E-state index < -0.39 is 9.04 Å². The van der Waals surface area contributed by atoms with Crippen LogP contribution < -0.4 is 20.2 Å². The Labute approximate surface area is 326 Å². The maximum absolute atomic E-state index is 13.6. The molecule has 0 radical (unpaired) electrons. The summed E-state index contributed by atoms with van der Waals surface area (Å²) in [5.74, 6) is 1.13. The molecule has 0 saturated carbocycles. The lowest BCUT2D eigenvalue weighted by Crippen LogP contribution is -2.65. The molecule has 0 spiro atoms. The van der Waals surface area contributed by atoms with Crippen LogP contribution in [0.5, 0.6) is 0 Å². The van der Waals surface area contributed by atoms with Crippen LogP contribution in [0.2, 0.25) is 0 Å². The molecule has 9 nitrogen and oxygen atoms in total. The third-order valence-electron chi connectivity index (χ3n) is 9.95. The van der Waals surface area contributed by atoms with Crippen molar-refractivity contribution in [2.45, 2.75) is 46.3 Å². The standard InChI is InChI=1S/C41H45ClFN7O2SSi/c1-6-32-39(47(5)40-45-33(27-53-40)28-17-19-29(43)20-18-28)50-35(44-32)21-22-36(46-50)48-23-24-49(37(51)25-42)34(26-48)38(41(2,3)4)52-54(30-13-9-7-10-14-30)31-15-11-8-12-16-31/h7-22,27,34,38,54H,6,23-26H2,1-5H3. The molecule has 3 aromatic carbocycles. The number of carbonyl (C=O) groups excluding carboxylic acids is 1. The van der Waals surface area contributed by atoms with Crippen LogP contribution in [0.4, 0.5) is 21.2 Å². The van der Waals surface area contributed by atoms with Crippen molar-refractivity contribution in [3.63, 3.8) is 0 Å². The van der Waals surface area contributed by atoms with Crippen LogP contribution in [-0.2, 0) is 15.6 Å². The Kier molecular flexibility index (Phi) is 11.2. The molecule has 1 amide bonds. The third kappa shape index (κ3) is 7.79. The number of alkyl halides is 1. The van der Waals surface area contributed by atoms with E-state index in [4.69, 9.17) is 31.1 Å². The van der Waals surface area contributed by atoms with Crippen LogP contribution in [0.25, 0.3) is 16.9 Å². The molecule has 280 valence electrons. The van der Waals surface area contributed by atoms with Gasteiger partial charge in [0.2, 0.25) is 14.9 Å². The van der Waals surface area contributed by atoms with E-state index in [0.29, 0.717) is 26.1 Å². The van der Waals surface area contributed by atoms with E-state index in [9.17, 15) is 9.18 Å². The first-order valence-corrected chi connectivity index (χ1v) is 21.3. The van der Waals surface area contributed by atoms with Crippen molar-refractivity contribution in [3.05, 3.63) is 114 Å². The lowest BCUT2D eigenvalue weighted by atomic mass is 9.83. The summed E-state index contributed by atoms with van der Waals surface area (Å²) < 4.78 is 22.9. The third-order valence-corrected chi connectivity index (χ3v) is 13.6. The minimum absolute atomic E-state index is 0.0973. The summed E-state index contributed by atoms with van der Waals surface area (Å²) in [7, 11) is -0.215. The number of hydrogen-bond acceptors (Lipinski definition) is 8. The van der Waals surface area contributed by atoms with Crippen molar-refractivity contribution < 1.29 is 13.6 Å². The van der Waals surface area contributed by atoms with Gasteiger partial charge in [0.05, 0.1) is 23.5 Å². The minimum atomic E-state index is -2.19. The number of hydrogen-bond donors (Lipinski definition) is 0. The molecule has 0 N–H and O–H groups in total. The summed E-state index contributed by atoms with van der Waals surface area (Å²) >= 11 is 7.77. The fourth-order valence-electron chi connectivity index (χ4n) is 7.25. The molecular weight excluding hydrogens is 737 g/mol. The second-order valence-electron chi connectivity index (χ2n) is 14.6. The molecule has 1 saturated heterocycles. The van der Waals surface area contributed by atoms with Crippen molar-refractivity contribution in [1.29, 1.82) is 0 Å². The monoisotopic (exact) mass is 781 g/mol. The lowest BCUT2D eigenvalue weighted by Gasteiger charge is -2.49. The minimum Gasteiger partial charge on any atom is -0.405 e.